The van der Waals surface area contributed by atoms with Crippen molar-refractivity contribution in [1.29, 1.82) is 0 Å². The lowest BCUT2D eigenvalue weighted by Gasteiger charge is -1.97. The summed E-state index contributed by atoms with van der Waals surface area (Å²) in [5.41, 5.74) is 1.16. The standard InChI is InChI=1S/C13H13NO2S2/c15-11(16)6-5-9-12(8-3-4-8)14-13(18-9)10-2-1-7-17-10/h1-2,7-8H,3-6H2,(H,15,16). The first-order valence-corrected chi connectivity index (χ1v) is 7.69. The van der Waals surface area contributed by atoms with E-state index in [0.29, 0.717) is 12.3 Å². The van der Waals surface area contributed by atoms with Crippen LogP contribution in [-0.2, 0) is 11.2 Å². The number of carboxylic acids is 1. The zero-order valence-corrected chi connectivity index (χ0v) is 11.4. The van der Waals surface area contributed by atoms with Gasteiger partial charge in [0.15, 0.2) is 0 Å². The number of carbonyl (C=O) groups is 1. The lowest BCUT2D eigenvalue weighted by atomic mass is 10.2. The van der Waals surface area contributed by atoms with Crippen molar-refractivity contribution in [2.45, 2.75) is 31.6 Å². The van der Waals surface area contributed by atoms with Crippen molar-refractivity contribution < 1.29 is 9.90 Å². The number of hydrogen-bond acceptors (Lipinski definition) is 4. The Morgan fingerprint density at radius 3 is 2.94 bits per heavy atom. The Balaban J connectivity index is 1.89. The summed E-state index contributed by atoms with van der Waals surface area (Å²) < 4.78 is 0. The molecule has 0 aliphatic heterocycles. The second-order valence-electron chi connectivity index (χ2n) is 4.47. The lowest BCUT2D eigenvalue weighted by Crippen LogP contribution is -1.98. The highest BCUT2D eigenvalue weighted by Gasteiger charge is 2.29. The van der Waals surface area contributed by atoms with E-state index < -0.39 is 5.97 Å². The van der Waals surface area contributed by atoms with Crippen LogP contribution >= 0.6 is 22.7 Å². The van der Waals surface area contributed by atoms with E-state index in [1.54, 1.807) is 22.7 Å². The fourth-order valence-electron chi connectivity index (χ4n) is 1.94. The van der Waals surface area contributed by atoms with Gasteiger partial charge in [-0.2, -0.15) is 0 Å². The fraction of sp³-hybridized carbons (Fsp3) is 0.385. The number of rotatable bonds is 5. The molecule has 94 valence electrons. The maximum atomic E-state index is 10.7. The van der Waals surface area contributed by atoms with Crippen molar-refractivity contribution in [2.24, 2.45) is 0 Å². The van der Waals surface area contributed by atoms with Crippen LogP contribution in [-0.4, -0.2) is 16.1 Å². The third-order valence-corrected chi connectivity index (χ3v) is 5.16. The average Bonchev–Trinajstić information content (AvgIpc) is 2.91. The van der Waals surface area contributed by atoms with E-state index >= 15 is 0 Å². The smallest absolute Gasteiger partial charge is 0.303 e. The molecule has 1 fully saturated rings. The van der Waals surface area contributed by atoms with Crippen molar-refractivity contribution in [3.63, 3.8) is 0 Å². The van der Waals surface area contributed by atoms with Crippen LogP contribution in [0.3, 0.4) is 0 Å². The number of aliphatic carboxylic acids is 1. The van der Waals surface area contributed by atoms with E-state index in [0.717, 1.165) is 10.7 Å². The topological polar surface area (TPSA) is 50.2 Å². The third-order valence-electron chi connectivity index (χ3n) is 2.99. The van der Waals surface area contributed by atoms with Gasteiger partial charge in [0.05, 0.1) is 17.0 Å². The monoisotopic (exact) mass is 279 g/mol. The van der Waals surface area contributed by atoms with Gasteiger partial charge < -0.3 is 5.11 Å². The maximum Gasteiger partial charge on any atom is 0.303 e. The Kier molecular flexibility index (Phi) is 3.18. The summed E-state index contributed by atoms with van der Waals surface area (Å²) in [6.07, 6.45) is 3.22. The van der Waals surface area contributed by atoms with Gasteiger partial charge in [0.1, 0.15) is 5.01 Å². The van der Waals surface area contributed by atoms with E-state index in [1.165, 1.54) is 22.6 Å². The number of thiazole rings is 1. The minimum Gasteiger partial charge on any atom is -0.481 e. The summed E-state index contributed by atoms with van der Waals surface area (Å²) in [7, 11) is 0. The van der Waals surface area contributed by atoms with Crippen LogP contribution in [0.4, 0.5) is 0 Å². The van der Waals surface area contributed by atoms with Crippen LogP contribution in [0.2, 0.25) is 0 Å². The molecule has 3 nitrogen and oxygen atoms in total. The molecule has 2 heterocycles. The Morgan fingerprint density at radius 2 is 2.33 bits per heavy atom. The molecule has 3 rings (SSSR count). The summed E-state index contributed by atoms with van der Waals surface area (Å²) in [6.45, 7) is 0. The molecule has 1 N–H and O–H groups in total. The molecule has 0 radical (unpaired) electrons. The molecule has 0 saturated heterocycles. The highest BCUT2D eigenvalue weighted by Crippen LogP contribution is 2.45. The van der Waals surface area contributed by atoms with Crippen molar-refractivity contribution >= 4 is 28.6 Å². The molecule has 0 aromatic carbocycles. The van der Waals surface area contributed by atoms with Gasteiger partial charge in [0.25, 0.3) is 0 Å². The van der Waals surface area contributed by atoms with Gasteiger partial charge in [0, 0.05) is 10.8 Å². The zero-order valence-electron chi connectivity index (χ0n) is 9.76. The molecule has 2 aromatic rings. The molecule has 1 saturated carbocycles. The van der Waals surface area contributed by atoms with Gasteiger partial charge in [-0.15, -0.1) is 22.7 Å². The van der Waals surface area contributed by atoms with Gasteiger partial charge in [-0.05, 0) is 30.7 Å². The summed E-state index contributed by atoms with van der Waals surface area (Å²) in [5, 5.41) is 11.9. The minimum absolute atomic E-state index is 0.200. The number of aryl methyl sites for hydroxylation is 1. The van der Waals surface area contributed by atoms with Gasteiger partial charge in [-0.25, -0.2) is 4.98 Å². The van der Waals surface area contributed by atoms with Gasteiger partial charge in [0.2, 0.25) is 0 Å². The van der Waals surface area contributed by atoms with Crippen LogP contribution in [0.5, 0.6) is 0 Å². The lowest BCUT2D eigenvalue weighted by molar-refractivity contribution is -0.136. The predicted octanol–water partition coefficient (Wildman–Crippen LogP) is 3.77. The maximum absolute atomic E-state index is 10.7. The molecule has 0 unspecified atom stereocenters. The molecule has 2 aromatic heterocycles. The van der Waals surface area contributed by atoms with Crippen LogP contribution in [0.1, 0.15) is 35.8 Å². The molecule has 0 atom stereocenters. The zero-order chi connectivity index (χ0) is 12.5. The van der Waals surface area contributed by atoms with Crippen molar-refractivity contribution in [1.82, 2.24) is 4.98 Å². The molecule has 0 spiro atoms. The van der Waals surface area contributed by atoms with Crippen LogP contribution in [0, 0.1) is 0 Å². The Morgan fingerprint density at radius 1 is 1.50 bits per heavy atom. The molecule has 1 aliphatic carbocycles. The third kappa shape index (κ3) is 2.47. The number of hydrogen-bond donors (Lipinski definition) is 1. The second kappa shape index (κ2) is 4.82. The summed E-state index contributed by atoms with van der Waals surface area (Å²) >= 11 is 3.35. The van der Waals surface area contributed by atoms with E-state index in [1.807, 2.05) is 11.4 Å². The van der Waals surface area contributed by atoms with E-state index in [-0.39, 0.29) is 6.42 Å². The first-order chi connectivity index (χ1) is 8.74. The molecular formula is C13H13NO2S2. The molecule has 5 heteroatoms. The fourth-order valence-corrected chi connectivity index (χ4v) is 3.89. The number of aromatic nitrogens is 1. The SMILES string of the molecule is O=C(O)CCc1sc(-c2cccs2)nc1C1CC1. The normalized spacial score (nSPS) is 14.9. The van der Waals surface area contributed by atoms with E-state index in [9.17, 15) is 4.79 Å². The highest BCUT2D eigenvalue weighted by atomic mass is 32.1. The molecule has 1 aliphatic rings. The summed E-state index contributed by atoms with van der Waals surface area (Å²) in [5.74, 6) is -0.151. The molecular weight excluding hydrogens is 266 g/mol. The van der Waals surface area contributed by atoms with Gasteiger partial charge in [-0.3, -0.25) is 4.79 Å². The van der Waals surface area contributed by atoms with Crippen molar-refractivity contribution in [3.05, 3.63) is 28.1 Å². The summed E-state index contributed by atoms with van der Waals surface area (Å²) in [4.78, 5) is 17.8. The average molecular weight is 279 g/mol. The van der Waals surface area contributed by atoms with Crippen molar-refractivity contribution in [2.75, 3.05) is 0 Å². The van der Waals surface area contributed by atoms with Crippen LogP contribution in [0.15, 0.2) is 17.5 Å². The van der Waals surface area contributed by atoms with Gasteiger partial charge in [-0.1, -0.05) is 6.07 Å². The van der Waals surface area contributed by atoms with Crippen LogP contribution < -0.4 is 0 Å². The molecule has 0 amide bonds. The second-order valence-corrected chi connectivity index (χ2v) is 6.50. The predicted molar refractivity (Wildman–Crippen MR) is 73.4 cm³/mol. The quantitative estimate of drug-likeness (QED) is 0.906. The Labute approximate surface area is 113 Å². The molecule has 0 bridgehead atoms. The minimum atomic E-state index is -0.733. The summed E-state index contributed by atoms with van der Waals surface area (Å²) in [6, 6.07) is 4.09. The first kappa shape index (κ1) is 11.9. The van der Waals surface area contributed by atoms with E-state index in [4.69, 9.17) is 10.1 Å². The van der Waals surface area contributed by atoms with Crippen molar-refractivity contribution in [3.8, 4) is 9.88 Å². The van der Waals surface area contributed by atoms with Gasteiger partial charge >= 0.3 is 5.97 Å². The first-order valence-electron chi connectivity index (χ1n) is 5.99. The number of carboxylic acid groups (broad SMARTS) is 1. The largest absolute Gasteiger partial charge is 0.481 e. The number of nitrogens with zero attached hydrogens (tertiary/aromatic N) is 1. The Hall–Kier alpha value is -1.20. The Bertz CT molecular complexity index is 556. The number of thiophene rings is 1. The van der Waals surface area contributed by atoms with Crippen LogP contribution in [0.25, 0.3) is 9.88 Å². The van der Waals surface area contributed by atoms with E-state index in [2.05, 4.69) is 6.07 Å². The molecule has 18 heavy (non-hydrogen) atoms. The highest BCUT2D eigenvalue weighted by molar-refractivity contribution is 7.21.